The number of nitrogens with zero attached hydrogens (tertiary/aromatic N) is 6. The lowest BCUT2D eigenvalue weighted by Gasteiger charge is -2.22. The van der Waals surface area contributed by atoms with E-state index in [4.69, 9.17) is 31.3 Å². The average molecular weight is 339 g/mol. The second-order valence-electron chi connectivity index (χ2n) is 5.00. The third-order valence-corrected chi connectivity index (χ3v) is 4.19. The van der Waals surface area contributed by atoms with E-state index in [0.717, 1.165) is 5.39 Å². The van der Waals surface area contributed by atoms with Gasteiger partial charge in [-0.1, -0.05) is 16.7 Å². The van der Waals surface area contributed by atoms with Gasteiger partial charge in [0.15, 0.2) is 6.23 Å². The van der Waals surface area contributed by atoms with E-state index in [1.54, 1.807) is 14.2 Å². The van der Waals surface area contributed by atoms with Gasteiger partial charge in [0.1, 0.15) is 29.3 Å². The molecule has 0 saturated carbocycles. The Morgan fingerprint density at radius 2 is 2.17 bits per heavy atom. The molecule has 0 N–H and O–H groups in total. The highest BCUT2D eigenvalue weighted by Crippen LogP contribution is 2.35. The van der Waals surface area contributed by atoms with Crippen molar-refractivity contribution in [2.45, 2.75) is 24.5 Å². The fraction of sp³-hybridized carbons (Fsp3) is 0.538. The Labute approximate surface area is 136 Å². The molecule has 122 valence electrons. The van der Waals surface area contributed by atoms with Crippen molar-refractivity contribution in [3.8, 4) is 0 Å². The Morgan fingerprint density at radius 1 is 1.39 bits per heavy atom. The van der Waals surface area contributed by atoms with E-state index in [1.165, 1.54) is 6.33 Å². The standard InChI is InChI=1S/C13H15ClN6O3/c1-21-9-8(5-18-19-15)23-13(10(9)22-2)20-4-3-7-11(14)16-6-17-12(7)20/h3-4,6,8-10,13H,5H2,1-2H3/t8-,9-,10-,13-/m1/s1. The number of rotatable bonds is 5. The van der Waals surface area contributed by atoms with Crippen molar-refractivity contribution in [3.05, 3.63) is 34.2 Å². The summed E-state index contributed by atoms with van der Waals surface area (Å²) < 4.78 is 18.9. The highest BCUT2D eigenvalue weighted by atomic mass is 35.5. The van der Waals surface area contributed by atoms with Crippen LogP contribution in [0.5, 0.6) is 0 Å². The molecular formula is C13H15ClN6O3. The summed E-state index contributed by atoms with van der Waals surface area (Å²) in [5, 5.41) is 4.67. The summed E-state index contributed by atoms with van der Waals surface area (Å²) in [5.74, 6) is 0. The molecule has 23 heavy (non-hydrogen) atoms. The molecule has 0 unspecified atom stereocenters. The van der Waals surface area contributed by atoms with E-state index < -0.39 is 12.3 Å². The van der Waals surface area contributed by atoms with Gasteiger partial charge in [-0.05, 0) is 11.6 Å². The Kier molecular flexibility index (Phi) is 4.65. The molecule has 2 aromatic heterocycles. The Balaban J connectivity index is 1.99. The molecule has 4 atom stereocenters. The minimum Gasteiger partial charge on any atom is -0.376 e. The van der Waals surface area contributed by atoms with Crippen LogP contribution in [0.1, 0.15) is 6.23 Å². The van der Waals surface area contributed by atoms with E-state index in [2.05, 4.69) is 20.0 Å². The first kappa shape index (κ1) is 16.0. The van der Waals surface area contributed by atoms with E-state index in [0.29, 0.717) is 10.8 Å². The van der Waals surface area contributed by atoms with Gasteiger partial charge in [-0.15, -0.1) is 0 Å². The number of hydrogen-bond donors (Lipinski definition) is 0. The lowest BCUT2D eigenvalue weighted by molar-refractivity contribution is -0.0508. The average Bonchev–Trinajstić information content (AvgIpc) is 3.13. The van der Waals surface area contributed by atoms with Gasteiger partial charge in [-0.25, -0.2) is 9.97 Å². The van der Waals surface area contributed by atoms with Crippen LogP contribution in [0, 0.1) is 0 Å². The van der Waals surface area contributed by atoms with Crippen molar-refractivity contribution in [2.24, 2.45) is 5.11 Å². The maximum absolute atomic E-state index is 8.52. The van der Waals surface area contributed by atoms with Crippen LogP contribution in [0.25, 0.3) is 21.5 Å². The summed E-state index contributed by atoms with van der Waals surface area (Å²) in [4.78, 5) is 11.0. The zero-order chi connectivity index (χ0) is 16.4. The largest absolute Gasteiger partial charge is 0.376 e. The smallest absolute Gasteiger partial charge is 0.164 e. The van der Waals surface area contributed by atoms with Gasteiger partial charge in [0.25, 0.3) is 0 Å². The number of ether oxygens (including phenoxy) is 3. The molecule has 9 nitrogen and oxygen atoms in total. The van der Waals surface area contributed by atoms with Crippen molar-refractivity contribution in [3.63, 3.8) is 0 Å². The van der Waals surface area contributed by atoms with E-state index in [1.807, 2.05) is 16.8 Å². The molecule has 1 saturated heterocycles. The van der Waals surface area contributed by atoms with Crippen LogP contribution >= 0.6 is 11.6 Å². The third-order valence-electron chi connectivity index (χ3n) is 3.89. The molecule has 1 fully saturated rings. The molecule has 0 amide bonds. The van der Waals surface area contributed by atoms with Crippen LogP contribution in [-0.2, 0) is 14.2 Å². The summed E-state index contributed by atoms with van der Waals surface area (Å²) in [6, 6.07) is 1.82. The second-order valence-corrected chi connectivity index (χ2v) is 5.36. The van der Waals surface area contributed by atoms with E-state index in [-0.39, 0.29) is 18.8 Å². The Morgan fingerprint density at radius 3 is 2.87 bits per heavy atom. The predicted molar refractivity (Wildman–Crippen MR) is 82.1 cm³/mol. The van der Waals surface area contributed by atoms with E-state index in [9.17, 15) is 0 Å². The molecule has 0 spiro atoms. The summed E-state index contributed by atoms with van der Waals surface area (Å²) in [6.07, 6.45) is 1.55. The molecule has 2 aromatic rings. The maximum atomic E-state index is 8.52. The second kappa shape index (κ2) is 6.69. The van der Waals surface area contributed by atoms with Crippen LogP contribution in [0.4, 0.5) is 0 Å². The number of hydrogen-bond acceptors (Lipinski definition) is 6. The number of azide groups is 1. The van der Waals surface area contributed by atoms with Crippen molar-refractivity contribution < 1.29 is 14.2 Å². The molecule has 0 radical (unpaired) electrons. The van der Waals surface area contributed by atoms with Crippen molar-refractivity contribution >= 4 is 22.6 Å². The lowest BCUT2D eigenvalue weighted by Crippen LogP contribution is -2.36. The fourth-order valence-electron chi connectivity index (χ4n) is 2.88. The topological polar surface area (TPSA) is 107 Å². The summed E-state index contributed by atoms with van der Waals surface area (Å²) in [6.45, 7) is 0.153. The highest BCUT2D eigenvalue weighted by molar-refractivity contribution is 6.33. The zero-order valence-corrected chi connectivity index (χ0v) is 13.3. The maximum Gasteiger partial charge on any atom is 0.164 e. The van der Waals surface area contributed by atoms with Gasteiger partial charge in [0.05, 0.1) is 18.0 Å². The van der Waals surface area contributed by atoms with Crippen LogP contribution in [0.2, 0.25) is 5.15 Å². The van der Waals surface area contributed by atoms with Gasteiger partial charge < -0.3 is 18.8 Å². The first-order chi connectivity index (χ1) is 11.2. The van der Waals surface area contributed by atoms with Gasteiger partial charge in [-0.3, -0.25) is 0 Å². The third kappa shape index (κ3) is 2.73. The first-order valence-corrected chi connectivity index (χ1v) is 7.28. The van der Waals surface area contributed by atoms with Gasteiger partial charge in [-0.2, -0.15) is 0 Å². The molecule has 3 heterocycles. The van der Waals surface area contributed by atoms with Crippen molar-refractivity contribution in [1.82, 2.24) is 14.5 Å². The molecular weight excluding hydrogens is 324 g/mol. The van der Waals surface area contributed by atoms with Crippen molar-refractivity contribution in [1.29, 1.82) is 0 Å². The van der Waals surface area contributed by atoms with Gasteiger partial charge in [0.2, 0.25) is 0 Å². The number of methoxy groups -OCH3 is 2. The Hall–Kier alpha value is -1.90. The minimum absolute atomic E-state index is 0.153. The molecule has 0 aliphatic carbocycles. The van der Waals surface area contributed by atoms with Crippen LogP contribution in [0.15, 0.2) is 23.7 Å². The predicted octanol–water partition coefficient (Wildman–Crippen LogP) is 2.32. The number of aromatic nitrogens is 3. The summed E-state index contributed by atoms with van der Waals surface area (Å²) in [7, 11) is 3.15. The minimum atomic E-state index is -0.479. The van der Waals surface area contributed by atoms with Crippen LogP contribution in [0.3, 0.4) is 0 Å². The lowest BCUT2D eigenvalue weighted by atomic mass is 10.1. The summed E-state index contributed by atoms with van der Waals surface area (Å²) in [5.41, 5.74) is 9.16. The first-order valence-electron chi connectivity index (χ1n) is 6.90. The monoisotopic (exact) mass is 338 g/mol. The number of halogens is 1. The number of fused-ring (bicyclic) bond motifs is 1. The highest BCUT2D eigenvalue weighted by Gasteiger charge is 2.46. The molecule has 3 rings (SSSR count). The Bertz CT molecular complexity index is 746. The summed E-state index contributed by atoms with van der Waals surface area (Å²) >= 11 is 6.08. The molecule has 1 aliphatic rings. The molecule has 1 aliphatic heterocycles. The van der Waals surface area contributed by atoms with Crippen LogP contribution in [-0.4, -0.2) is 53.6 Å². The fourth-order valence-corrected chi connectivity index (χ4v) is 3.07. The van der Waals surface area contributed by atoms with E-state index >= 15 is 0 Å². The van der Waals surface area contributed by atoms with Gasteiger partial charge in [0, 0.05) is 25.3 Å². The van der Waals surface area contributed by atoms with Crippen molar-refractivity contribution in [2.75, 3.05) is 20.8 Å². The SMILES string of the molecule is CO[C@@H]1[C@H](OC)[C@@H](CN=[N+]=[N-])O[C@H]1n1ccc2c(Cl)ncnc21. The quantitative estimate of drug-likeness (QED) is 0.360. The zero-order valence-electron chi connectivity index (χ0n) is 12.5. The molecule has 0 aromatic carbocycles. The van der Waals surface area contributed by atoms with Crippen LogP contribution < -0.4 is 0 Å². The van der Waals surface area contributed by atoms with Gasteiger partial charge >= 0.3 is 0 Å². The molecule has 10 heteroatoms. The molecule has 0 bridgehead atoms. The normalized spacial score (nSPS) is 27.3.